The third-order valence-electron chi connectivity index (χ3n) is 5.68. The number of nitrogens with one attached hydrogen (secondary N) is 2. The third kappa shape index (κ3) is 4.96. The number of nitrogens with zero attached hydrogens (tertiary/aromatic N) is 5. The van der Waals surface area contributed by atoms with E-state index in [9.17, 15) is 18.3 Å². The summed E-state index contributed by atoms with van der Waals surface area (Å²) in [6.45, 7) is 0. The number of hydrogen-bond acceptors (Lipinski definition) is 9. The number of aliphatic imine (C=N–C) groups is 1. The number of benzodiazepines with no additional fused rings is 1. The van der Waals surface area contributed by atoms with Crippen molar-refractivity contribution in [2.75, 3.05) is 29.6 Å². The van der Waals surface area contributed by atoms with Gasteiger partial charge in [0, 0.05) is 37.1 Å². The van der Waals surface area contributed by atoms with Crippen LogP contribution in [0.15, 0.2) is 76.3 Å². The Kier molecular flexibility index (Phi) is 6.25. The lowest BCUT2D eigenvalue weighted by Gasteiger charge is -2.19. The van der Waals surface area contributed by atoms with E-state index in [1.165, 1.54) is 4.90 Å². The first-order valence-corrected chi connectivity index (χ1v) is 11.2. The third-order valence-corrected chi connectivity index (χ3v) is 5.68. The minimum Gasteiger partial charge on any atom is -0.402 e. The molecule has 2 atom stereocenters. The van der Waals surface area contributed by atoms with E-state index in [2.05, 4.69) is 25.8 Å². The maximum Gasteiger partial charge on any atom is 0.417 e. The fraction of sp³-hybridized carbons (Fsp3) is 0.200. The lowest BCUT2D eigenvalue weighted by Crippen LogP contribution is -2.37. The van der Waals surface area contributed by atoms with Gasteiger partial charge in [0.05, 0.1) is 17.0 Å². The van der Waals surface area contributed by atoms with Gasteiger partial charge in [-0.2, -0.15) is 13.2 Å². The van der Waals surface area contributed by atoms with E-state index < -0.39 is 24.1 Å². The van der Waals surface area contributed by atoms with Crippen molar-refractivity contribution >= 4 is 23.1 Å². The topological polar surface area (TPSA) is 112 Å². The van der Waals surface area contributed by atoms with Crippen LogP contribution < -0.4 is 15.5 Å². The number of fused-ring (bicyclic) bond motifs is 1. The first-order chi connectivity index (χ1) is 17.7. The lowest BCUT2D eigenvalue weighted by atomic mass is 10.0. The van der Waals surface area contributed by atoms with Crippen molar-refractivity contribution < 1.29 is 22.7 Å². The molecule has 2 aromatic heterocycles. The number of aromatic nitrogens is 3. The molecule has 1 aliphatic rings. The maximum atomic E-state index is 13.2. The SMILES string of the molecule is CN(C)c1cc(C(F)(F)F)cnc1-c1nnc(N[C@H]2N=C(c3ccccc3)c3ccccc3NC2O)o1. The average Bonchev–Trinajstić information content (AvgIpc) is 3.29. The smallest absolute Gasteiger partial charge is 0.402 e. The van der Waals surface area contributed by atoms with E-state index in [1.54, 1.807) is 14.1 Å². The number of anilines is 3. The van der Waals surface area contributed by atoms with E-state index >= 15 is 0 Å². The van der Waals surface area contributed by atoms with Gasteiger partial charge in [0.2, 0.25) is 0 Å². The summed E-state index contributed by atoms with van der Waals surface area (Å²) >= 11 is 0. The molecule has 1 unspecified atom stereocenters. The summed E-state index contributed by atoms with van der Waals surface area (Å²) in [5.74, 6) is -0.0912. The number of rotatable bonds is 5. The molecule has 9 nitrogen and oxygen atoms in total. The van der Waals surface area contributed by atoms with Crippen molar-refractivity contribution in [3.63, 3.8) is 0 Å². The highest BCUT2D eigenvalue weighted by molar-refractivity contribution is 6.16. The molecular weight excluding hydrogens is 487 g/mol. The molecule has 0 fully saturated rings. The minimum absolute atomic E-state index is 0.0824. The van der Waals surface area contributed by atoms with E-state index in [0.29, 0.717) is 17.6 Å². The summed E-state index contributed by atoms with van der Waals surface area (Å²) in [5, 5.41) is 24.7. The van der Waals surface area contributed by atoms with Crippen LogP contribution in [0.4, 0.5) is 30.6 Å². The summed E-state index contributed by atoms with van der Waals surface area (Å²) in [7, 11) is 3.17. The van der Waals surface area contributed by atoms with Crippen molar-refractivity contribution in [1.29, 1.82) is 0 Å². The number of alkyl halides is 3. The van der Waals surface area contributed by atoms with Gasteiger partial charge in [0.25, 0.3) is 5.89 Å². The molecule has 0 aliphatic carbocycles. The number of pyridine rings is 1. The number of hydrogen-bond donors (Lipinski definition) is 3. The highest BCUT2D eigenvalue weighted by Gasteiger charge is 2.33. The summed E-state index contributed by atoms with van der Waals surface area (Å²) < 4.78 is 45.3. The Labute approximate surface area is 209 Å². The summed E-state index contributed by atoms with van der Waals surface area (Å²) in [6.07, 6.45) is -5.94. The van der Waals surface area contributed by atoms with Gasteiger partial charge in [0.15, 0.2) is 18.1 Å². The Bertz CT molecular complexity index is 1440. The first-order valence-electron chi connectivity index (χ1n) is 11.2. The molecule has 0 bridgehead atoms. The van der Waals surface area contributed by atoms with Crippen LogP contribution in [0.25, 0.3) is 11.6 Å². The fourth-order valence-electron chi connectivity index (χ4n) is 3.89. The van der Waals surface area contributed by atoms with E-state index in [0.717, 1.165) is 17.2 Å². The van der Waals surface area contributed by atoms with E-state index in [-0.39, 0.29) is 23.3 Å². The number of halogens is 3. The zero-order chi connectivity index (χ0) is 26.2. The predicted octanol–water partition coefficient (Wildman–Crippen LogP) is 4.24. The second-order valence-electron chi connectivity index (χ2n) is 8.46. The number of benzene rings is 2. The molecule has 1 aliphatic heterocycles. The number of aliphatic hydroxyl groups is 1. The Morgan fingerprint density at radius 1 is 1.03 bits per heavy atom. The van der Waals surface area contributed by atoms with Crippen molar-refractivity contribution in [1.82, 2.24) is 15.2 Å². The molecule has 4 aromatic rings. The molecule has 0 saturated heterocycles. The number of aliphatic hydroxyl groups excluding tert-OH is 1. The van der Waals surface area contributed by atoms with Gasteiger partial charge in [-0.3, -0.25) is 4.99 Å². The molecule has 0 radical (unpaired) electrons. The Hall–Kier alpha value is -4.45. The van der Waals surface area contributed by atoms with E-state index in [1.807, 2.05) is 54.6 Å². The molecule has 3 heterocycles. The monoisotopic (exact) mass is 509 g/mol. The van der Waals surface area contributed by atoms with Crippen molar-refractivity contribution in [3.8, 4) is 11.6 Å². The molecular formula is C25H22F3N7O2. The van der Waals surface area contributed by atoms with Crippen molar-refractivity contribution in [2.45, 2.75) is 18.6 Å². The van der Waals surface area contributed by atoms with Crippen LogP contribution >= 0.6 is 0 Å². The second kappa shape index (κ2) is 9.54. The Balaban J connectivity index is 1.48. The Morgan fingerprint density at radius 2 is 1.76 bits per heavy atom. The molecule has 37 heavy (non-hydrogen) atoms. The average molecular weight is 509 g/mol. The molecule has 190 valence electrons. The van der Waals surface area contributed by atoms with Crippen LogP contribution in [0, 0.1) is 0 Å². The molecule has 0 amide bonds. The van der Waals surface area contributed by atoms with Gasteiger partial charge in [-0.25, -0.2) is 4.98 Å². The van der Waals surface area contributed by atoms with Gasteiger partial charge < -0.3 is 25.1 Å². The highest BCUT2D eigenvalue weighted by Crippen LogP contribution is 2.35. The molecule has 0 saturated carbocycles. The second-order valence-corrected chi connectivity index (χ2v) is 8.46. The molecule has 2 aromatic carbocycles. The van der Waals surface area contributed by atoms with Crippen LogP contribution in [-0.2, 0) is 6.18 Å². The van der Waals surface area contributed by atoms with Crippen molar-refractivity contribution in [2.24, 2.45) is 4.99 Å². The summed E-state index contributed by atoms with van der Waals surface area (Å²) in [6, 6.07) is 17.8. The summed E-state index contributed by atoms with van der Waals surface area (Å²) in [4.78, 5) is 10.2. The molecule has 3 N–H and O–H groups in total. The normalized spacial score (nSPS) is 17.3. The molecule has 12 heteroatoms. The van der Waals surface area contributed by atoms with Crippen LogP contribution in [0.1, 0.15) is 16.7 Å². The molecule has 5 rings (SSSR count). The highest BCUT2D eigenvalue weighted by atomic mass is 19.4. The standard InChI is InChI=1S/C25H22F3N7O2/c1-35(2)18-12-15(25(26,27)28)13-29-20(18)23-33-34-24(37-23)32-21-22(36)30-17-11-7-6-10-16(17)19(31-21)14-8-4-3-5-9-14/h3-13,21-22,30,36H,1-2H3,(H,32,34)/t21-,22?/m1/s1. The van der Waals surface area contributed by atoms with Gasteiger partial charge in [0.1, 0.15) is 0 Å². The van der Waals surface area contributed by atoms with Crippen LogP contribution in [0.5, 0.6) is 0 Å². The van der Waals surface area contributed by atoms with Crippen LogP contribution in [-0.4, -0.2) is 52.5 Å². The largest absolute Gasteiger partial charge is 0.417 e. The van der Waals surface area contributed by atoms with Gasteiger partial charge in [-0.15, -0.1) is 5.10 Å². The van der Waals surface area contributed by atoms with Crippen LogP contribution in [0.3, 0.4) is 0 Å². The van der Waals surface area contributed by atoms with E-state index in [4.69, 9.17) is 9.41 Å². The zero-order valence-electron chi connectivity index (χ0n) is 19.7. The van der Waals surface area contributed by atoms with Gasteiger partial charge >= 0.3 is 12.2 Å². The molecule has 0 spiro atoms. The van der Waals surface area contributed by atoms with Gasteiger partial charge in [-0.1, -0.05) is 53.6 Å². The first kappa shape index (κ1) is 24.3. The number of para-hydroxylation sites is 1. The summed E-state index contributed by atoms with van der Waals surface area (Å²) in [5.41, 5.74) is 2.31. The maximum absolute atomic E-state index is 13.2. The fourth-order valence-corrected chi connectivity index (χ4v) is 3.89. The lowest BCUT2D eigenvalue weighted by molar-refractivity contribution is -0.137. The quantitative estimate of drug-likeness (QED) is 0.367. The predicted molar refractivity (Wildman–Crippen MR) is 132 cm³/mol. The Morgan fingerprint density at radius 3 is 2.49 bits per heavy atom. The van der Waals surface area contributed by atoms with Gasteiger partial charge in [-0.05, 0) is 12.1 Å². The minimum atomic E-state index is -4.55. The van der Waals surface area contributed by atoms with Crippen molar-refractivity contribution in [3.05, 3.63) is 83.6 Å². The van der Waals surface area contributed by atoms with Crippen LogP contribution in [0.2, 0.25) is 0 Å². The zero-order valence-corrected chi connectivity index (χ0v) is 19.7.